The molecular weight excluding hydrogens is 390 g/mol. The van der Waals surface area contributed by atoms with Crippen molar-refractivity contribution in [1.29, 1.82) is 5.26 Å². The molecular formula is C21H21N3O4S. The van der Waals surface area contributed by atoms with Crippen LogP contribution in [0.3, 0.4) is 0 Å². The lowest BCUT2D eigenvalue weighted by atomic mass is 10.1. The van der Waals surface area contributed by atoms with E-state index in [1.165, 1.54) is 0 Å². The zero-order valence-electron chi connectivity index (χ0n) is 16.0. The molecule has 7 nitrogen and oxygen atoms in total. The number of hydrogen-bond donors (Lipinski definition) is 0. The second kappa shape index (κ2) is 7.41. The second-order valence-electron chi connectivity index (χ2n) is 7.19. The van der Waals surface area contributed by atoms with Crippen LogP contribution in [0.1, 0.15) is 18.1 Å². The normalized spacial score (nSPS) is 22.4. The average molecular weight is 411 g/mol. The predicted molar refractivity (Wildman–Crippen MR) is 108 cm³/mol. The number of amides is 2. The van der Waals surface area contributed by atoms with Gasteiger partial charge in [-0.05, 0) is 42.8 Å². The third-order valence-electron chi connectivity index (χ3n) is 5.38. The fourth-order valence-corrected chi connectivity index (χ4v) is 6.03. The number of fused-ring (bicyclic) bond motifs is 1. The lowest BCUT2D eigenvalue weighted by molar-refractivity contribution is 0.206. The minimum absolute atomic E-state index is 0.0625. The summed E-state index contributed by atoms with van der Waals surface area (Å²) in [6, 6.07) is 15.2. The molecule has 0 aliphatic carbocycles. The van der Waals surface area contributed by atoms with Crippen molar-refractivity contribution in [1.82, 2.24) is 4.90 Å². The average Bonchev–Trinajstić information content (AvgIpc) is 3.13. The van der Waals surface area contributed by atoms with Crippen molar-refractivity contribution in [2.24, 2.45) is 0 Å². The third-order valence-corrected chi connectivity index (χ3v) is 7.08. The Morgan fingerprint density at radius 3 is 2.48 bits per heavy atom. The summed E-state index contributed by atoms with van der Waals surface area (Å²) in [5.74, 6) is 0.567. The fourth-order valence-electron chi connectivity index (χ4n) is 4.08. The fraction of sp³-hybridized carbons (Fsp3) is 0.333. The zero-order valence-corrected chi connectivity index (χ0v) is 16.8. The quantitative estimate of drug-likeness (QED) is 0.706. The number of rotatable bonds is 5. The zero-order chi connectivity index (χ0) is 20.6. The molecule has 0 bridgehead atoms. The molecule has 0 radical (unpaired) electrons. The first-order chi connectivity index (χ1) is 13.9. The summed E-state index contributed by atoms with van der Waals surface area (Å²) in [5.41, 5.74) is 1.83. The van der Waals surface area contributed by atoms with Crippen LogP contribution >= 0.6 is 0 Å². The number of hydrogen-bond acceptors (Lipinski definition) is 5. The number of carbonyl (C=O) groups is 1. The van der Waals surface area contributed by atoms with Crippen LogP contribution in [0.2, 0.25) is 0 Å². The van der Waals surface area contributed by atoms with E-state index in [-0.39, 0.29) is 24.1 Å². The Morgan fingerprint density at radius 2 is 1.79 bits per heavy atom. The number of anilines is 1. The molecule has 0 saturated carbocycles. The highest BCUT2D eigenvalue weighted by atomic mass is 32.2. The molecule has 2 aromatic rings. The summed E-state index contributed by atoms with van der Waals surface area (Å²) in [5, 5.41) is 9.36. The van der Waals surface area contributed by atoms with Crippen LogP contribution in [-0.4, -0.2) is 49.5 Å². The van der Waals surface area contributed by atoms with Gasteiger partial charge in [-0.1, -0.05) is 18.2 Å². The van der Waals surface area contributed by atoms with E-state index in [0.717, 1.165) is 0 Å². The van der Waals surface area contributed by atoms with Gasteiger partial charge < -0.3 is 9.64 Å². The van der Waals surface area contributed by atoms with Crippen LogP contribution < -0.4 is 9.64 Å². The van der Waals surface area contributed by atoms with Crippen molar-refractivity contribution in [2.75, 3.05) is 23.0 Å². The van der Waals surface area contributed by atoms with E-state index in [9.17, 15) is 18.5 Å². The predicted octanol–water partition coefficient (Wildman–Crippen LogP) is 2.56. The van der Waals surface area contributed by atoms with E-state index in [0.29, 0.717) is 29.2 Å². The maximum absolute atomic E-state index is 13.3. The smallest absolute Gasteiger partial charge is 0.325 e. The number of nitriles is 1. The van der Waals surface area contributed by atoms with E-state index in [2.05, 4.69) is 6.07 Å². The molecule has 29 heavy (non-hydrogen) atoms. The Labute approximate surface area is 170 Å². The van der Waals surface area contributed by atoms with Gasteiger partial charge in [0, 0.05) is 12.2 Å². The SMILES string of the molecule is CCOc1ccc(N2C(=O)N(Cc3ccccc3C#N)[C@H]3CS(=O)(=O)C[C@H]32)cc1. The largest absolute Gasteiger partial charge is 0.494 e. The van der Waals surface area contributed by atoms with Gasteiger partial charge in [0.25, 0.3) is 0 Å². The Hall–Kier alpha value is -3.05. The van der Waals surface area contributed by atoms with Gasteiger partial charge in [0.2, 0.25) is 0 Å². The van der Waals surface area contributed by atoms with Gasteiger partial charge in [-0.25, -0.2) is 13.2 Å². The molecule has 2 fully saturated rings. The highest BCUT2D eigenvalue weighted by molar-refractivity contribution is 7.91. The number of carbonyl (C=O) groups excluding carboxylic acids is 1. The second-order valence-corrected chi connectivity index (χ2v) is 9.34. The van der Waals surface area contributed by atoms with Gasteiger partial charge in [0.05, 0.1) is 41.8 Å². The first-order valence-electron chi connectivity index (χ1n) is 9.44. The minimum atomic E-state index is -3.25. The Morgan fingerprint density at radius 1 is 1.10 bits per heavy atom. The molecule has 2 aromatic carbocycles. The van der Waals surface area contributed by atoms with Crippen molar-refractivity contribution >= 4 is 21.6 Å². The summed E-state index contributed by atoms with van der Waals surface area (Å²) in [4.78, 5) is 16.4. The molecule has 2 amide bonds. The van der Waals surface area contributed by atoms with Gasteiger partial charge >= 0.3 is 6.03 Å². The molecule has 0 N–H and O–H groups in total. The molecule has 0 unspecified atom stereocenters. The topological polar surface area (TPSA) is 90.7 Å². The maximum atomic E-state index is 13.3. The number of urea groups is 1. The standard InChI is InChI=1S/C21H21N3O4S/c1-2-28-18-9-7-17(8-10-18)24-20-14-29(26,27)13-19(20)23(21(24)25)12-16-6-4-3-5-15(16)11-22/h3-10,19-20H,2,12-14H2,1H3/t19-,20+/m0/s1. The molecule has 2 atom stereocenters. The maximum Gasteiger partial charge on any atom is 0.325 e. The van der Waals surface area contributed by atoms with E-state index >= 15 is 0 Å². The Bertz CT molecular complexity index is 1080. The third kappa shape index (κ3) is 3.54. The van der Waals surface area contributed by atoms with Crippen molar-refractivity contribution in [3.8, 4) is 11.8 Å². The summed E-state index contributed by atoms with van der Waals surface area (Å²) in [7, 11) is -3.25. The molecule has 0 spiro atoms. The highest BCUT2D eigenvalue weighted by Gasteiger charge is 2.53. The lowest BCUT2D eigenvalue weighted by Gasteiger charge is -2.23. The molecule has 4 rings (SSSR count). The van der Waals surface area contributed by atoms with Gasteiger partial charge in [-0.2, -0.15) is 5.26 Å². The summed E-state index contributed by atoms with van der Waals surface area (Å²) in [6.45, 7) is 2.63. The highest BCUT2D eigenvalue weighted by Crippen LogP contribution is 2.36. The Kier molecular flexibility index (Phi) is 4.92. The monoisotopic (exact) mass is 411 g/mol. The molecule has 8 heteroatoms. The number of benzene rings is 2. The molecule has 2 saturated heterocycles. The Balaban J connectivity index is 1.68. The van der Waals surface area contributed by atoms with Crippen LogP contribution in [0, 0.1) is 11.3 Å². The van der Waals surface area contributed by atoms with E-state index in [1.54, 1.807) is 52.3 Å². The first kappa shape index (κ1) is 19.3. The van der Waals surface area contributed by atoms with Crippen LogP contribution in [0.5, 0.6) is 5.75 Å². The van der Waals surface area contributed by atoms with Crippen molar-refractivity contribution in [2.45, 2.75) is 25.6 Å². The number of ether oxygens (including phenoxy) is 1. The van der Waals surface area contributed by atoms with Gasteiger partial charge in [-0.3, -0.25) is 4.90 Å². The van der Waals surface area contributed by atoms with Gasteiger partial charge in [0.1, 0.15) is 5.75 Å². The van der Waals surface area contributed by atoms with E-state index in [1.807, 2.05) is 13.0 Å². The van der Waals surface area contributed by atoms with Crippen LogP contribution in [-0.2, 0) is 16.4 Å². The minimum Gasteiger partial charge on any atom is -0.494 e. The summed E-state index contributed by atoms with van der Waals surface area (Å²) >= 11 is 0. The lowest BCUT2D eigenvalue weighted by Crippen LogP contribution is -2.37. The number of sulfone groups is 1. The summed E-state index contributed by atoms with van der Waals surface area (Å²) < 4.78 is 30.2. The van der Waals surface area contributed by atoms with Crippen LogP contribution in [0.4, 0.5) is 10.5 Å². The molecule has 2 aliphatic rings. The van der Waals surface area contributed by atoms with Gasteiger partial charge in [0.15, 0.2) is 9.84 Å². The van der Waals surface area contributed by atoms with Crippen molar-refractivity contribution in [3.05, 3.63) is 59.7 Å². The van der Waals surface area contributed by atoms with Crippen LogP contribution in [0.15, 0.2) is 48.5 Å². The van der Waals surface area contributed by atoms with Crippen molar-refractivity contribution < 1.29 is 17.9 Å². The van der Waals surface area contributed by atoms with Gasteiger partial charge in [-0.15, -0.1) is 0 Å². The van der Waals surface area contributed by atoms with Crippen molar-refractivity contribution in [3.63, 3.8) is 0 Å². The molecule has 0 aromatic heterocycles. The molecule has 2 aliphatic heterocycles. The number of nitrogens with zero attached hydrogens (tertiary/aromatic N) is 3. The summed E-state index contributed by atoms with van der Waals surface area (Å²) in [6.07, 6.45) is 0. The van der Waals surface area contributed by atoms with E-state index < -0.39 is 21.9 Å². The molecule has 150 valence electrons. The first-order valence-corrected chi connectivity index (χ1v) is 11.3. The molecule has 2 heterocycles. The van der Waals surface area contributed by atoms with E-state index in [4.69, 9.17) is 4.74 Å². The van der Waals surface area contributed by atoms with Crippen LogP contribution in [0.25, 0.3) is 0 Å².